The van der Waals surface area contributed by atoms with Gasteiger partial charge < -0.3 is 16.0 Å². The molecule has 0 aliphatic heterocycles. The molecular weight excluding hydrogens is 220 g/mol. The first-order valence-corrected chi connectivity index (χ1v) is 5.30. The monoisotopic (exact) mass is 236 g/mol. The van der Waals surface area contributed by atoms with Gasteiger partial charge in [0, 0.05) is 38.9 Å². The Bertz CT molecular complexity index is 406. The molecule has 1 aromatic rings. The van der Waals surface area contributed by atoms with Crippen molar-refractivity contribution in [2.24, 2.45) is 0 Å². The van der Waals surface area contributed by atoms with Crippen molar-refractivity contribution in [2.45, 2.75) is 6.42 Å². The van der Waals surface area contributed by atoms with Gasteiger partial charge in [-0.25, -0.2) is 0 Å². The third kappa shape index (κ3) is 4.10. The maximum Gasteiger partial charge on any atom is 0.269 e. The number of carbonyl (C=O) groups is 2. The van der Waals surface area contributed by atoms with E-state index >= 15 is 0 Å². The molecule has 0 atom stereocenters. The number of rotatable bonds is 5. The van der Waals surface area contributed by atoms with Gasteiger partial charge in [-0.05, 0) is 12.1 Å². The number of nitrogens with one attached hydrogen (secondary N) is 3. The fourth-order valence-corrected chi connectivity index (χ4v) is 1.22. The summed E-state index contributed by atoms with van der Waals surface area (Å²) in [5.74, 6) is -0.395. The number of hydrogen-bond donors (Lipinski definition) is 3. The number of anilines is 1. The van der Waals surface area contributed by atoms with Gasteiger partial charge in [-0.15, -0.1) is 0 Å². The number of carbonyl (C=O) groups excluding carboxylic acids is 2. The van der Waals surface area contributed by atoms with E-state index in [-0.39, 0.29) is 18.2 Å². The van der Waals surface area contributed by atoms with E-state index in [4.69, 9.17) is 0 Å². The molecule has 92 valence electrons. The van der Waals surface area contributed by atoms with Gasteiger partial charge in [-0.2, -0.15) is 0 Å². The summed E-state index contributed by atoms with van der Waals surface area (Å²) in [5, 5.41) is 8.03. The lowest BCUT2D eigenvalue weighted by Crippen LogP contribution is -2.29. The van der Waals surface area contributed by atoms with Crippen LogP contribution in [0.2, 0.25) is 0 Å². The highest BCUT2D eigenvalue weighted by Crippen LogP contribution is 2.06. The zero-order valence-electron chi connectivity index (χ0n) is 9.91. The summed E-state index contributed by atoms with van der Waals surface area (Å²) < 4.78 is 0. The molecule has 1 heterocycles. The van der Waals surface area contributed by atoms with Gasteiger partial charge in [0.15, 0.2) is 0 Å². The Balaban J connectivity index is 2.49. The van der Waals surface area contributed by atoms with Crippen LogP contribution in [0, 0.1) is 0 Å². The van der Waals surface area contributed by atoms with Crippen molar-refractivity contribution in [3.63, 3.8) is 0 Å². The van der Waals surface area contributed by atoms with E-state index in [1.54, 1.807) is 32.4 Å². The van der Waals surface area contributed by atoms with Gasteiger partial charge in [0.2, 0.25) is 5.91 Å². The molecule has 1 rings (SSSR count). The van der Waals surface area contributed by atoms with E-state index in [1.807, 2.05) is 0 Å². The highest BCUT2D eigenvalue weighted by molar-refractivity contribution is 5.93. The summed E-state index contributed by atoms with van der Waals surface area (Å²) >= 11 is 0. The highest BCUT2D eigenvalue weighted by atomic mass is 16.2. The highest BCUT2D eigenvalue weighted by Gasteiger charge is 2.07. The maximum atomic E-state index is 11.6. The predicted molar refractivity (Wildman–Crippen MR) is 64.8 cm³/mol. The van der Waals surface area contributed by atoms with Gasteiger partial charge in [-0.1, -0.05) is 0 Å². The van der Waals surface area contributed by atoms with E-state index in [1.165, 1.54) is 0 Å². The first-order valence-electron chi connectivity index (χ1n) is 5.30. The minimum atomic E-state index is -0.286. The average molecular weight is 236 g/mol. The smallest absolute Gasteiger partial charge is 0.269 e. The molecule has 1 aromatic heterocycles. The standard InChI is InChI=1S/C11H16N4O2/c1-12-8-3-5-14-9(7-8)11(17)15-6-4-10(16)13-2/h3,5,7H,4,6H2,1-2H3,(H,12,14)(H,13,16)(H,15,17). The van der Waals surface area contributed by atoms with E-state index in [9.17, 15) is 9.59 Å². The number of hydrogen-bond acceptors (Lipinski definition) is 4. The van der Waals surface area contributed by atoms with Crippen molar-refractivity contribution in [3.8, 4) is 0 Å². The number of nitrogens with zero attached hydrogens (tertiary/aromatic N) is 1. The molecule has 3 N–H and O–H groups in total. The molecule has 0 saturated carbocycles. The topological polar surface area (TPSA) is 83.1 Å². The van der Waals surface area contributed by atoms with Crippen LogP contribution in [0.25, 0.3) is 0 Å². The molecular formula is C11H16N4O2. The molecule has 0 radical (unpaired) electrons. The Kier molecular flexibility index (Phi) is 4.93. The molecule has 0 saturated heterocycles. The quantitative estimate of drug-likeness (QED) is 0.671. The molecule has 6 heteroatoms. The molecule has 6 nitrogen and oxygen atoms in total. The van der Waals surface area contributed by atoms with Crippen molar-refractivity contribution < 1.29 is 9.59 Å². The van der Waals surface area contributed by atoms with Crippen LogP contribution in [0.4, 0.5) is 5.69 Å². The first-order chi connectivity index (χ1) is 8.17. The Labute approximate surface area is 99.8 Å². The fraction of sp³-hybridized carbons (Fsp3) is 0.364. The third-order valence-corrected chi connectivity index (χ3v) is 2.20. The second-order valence-electron chi connectivity index (χ2n) is 3.36. The lowest BCUT2D eigenvalue weighted by molar-refractivity contribution is -0.120. The summed E-state index contributed by atoms with van der Waals surface area (Å²) in [6.45, 7) is 0.296. The van der Waals surface area contributed by atoms with Crippen molar-refractivity contribution in [3.05, 3.63) is 24.0 Å². The van der Waals surface area contributed by atoms with Crippen LogP contribution in [-0.4, -0.2) is 37.4 Å². The SMILES string of the molecule is CNC(=O)CCNC(=O)c1cc(NC)ccn1. The lowest BCUT2D eigenvalue weighted by atomic mass is 10.3. The molecule has 2 amide bonds. The molecule has 0 spiro atoms. The first kappa shape index (κ1) is 13.0. The minimum absolute atomic E-state index is 0.109. The Morgan fingerprint density at radius 3 is 2.76 bits per heavy atom. The zero-order chi connectivity index (χ0) is 12.7. The van der Waals surface area contributed by atoms with Gasteiger partial charge in [0.05, 0.1) is 0 Å². The summed E-state index contributed by atoms with van der Waals surface area (Å²) in [7, 11) is 3.32. The van der Waals surface area contributed by atoms with Gasteiger partial charge >= 0.3 is 0 Å². The van der Waals surface area contributed by atoms with Crippen LogP contribution in [0.1, 0.15) is 16.9 Å². The fourth-order valence-electron chi connectivity index (χ4n) is 1.22. The summed E-state index contributed by atoms with van der Waals surface area (Å²) in [5.41, 5.74) is 1.14. The lowest BCUT2D eigenvalue weighted by Gasteiger charge is -2.05. The molecule has 0 unspecified atom stereocenters. The van der Waals surface area contributed by atoms with Gasteiger partial charge in [0.1, 0.15) is 5.69 Å². The summed E-state index contributed by atoms with van der Waals surface area (Å²) in [6.07, 6.45) is 1.81. The summed E-state index contributed by atoms with van der Waals surface area (Å²) in [6, 6.07) is 3.41. The van der Waals surface area contributed by atoms with Crippen LogP contribution in [-0.2, 0) is 4.79 Å². The van der Waals surface area contributed by atoms with Crippen molar-refractivity contribution in [1.29, 1.82) is 0 Å². The van der Waals surface area contributed by atoms with Crippen LogP contribution >= 0.6 is 0 Å². The summed E-state index contributed by atoms with van der Waals surface area (Å²) in [4.78, 5) is 26.5. The van der Waals surface area contributed by atoms with E-state index in [0.29, 0.717) is 12.2 Å². The van der Waals surface area contributed by atoms with E-state index < -0.39 is 0 Å². The van der Waals surface area contributed by atoms with Crippen molar-refractivity contribution in [1.82, 2.24) is 15.6 Å². The Morgan fingerprint density at radius 1 is 1.35 bits per heavy atom. The van der Waals surface area contributed by atoms with Crippen LogP contribution < -0.4 is 16.0 Å². The van der Waals surface area contributed by atoms with Gasteiger partial charge in [0.25, 0.3) is 5.91 Å². The Morgan fingerprint density at radius 2 is 2.12 bits per heavy atom. The van der Waals surface area contributed by atoms with Crippen LogP contribution in [0.5, 0.6) is 0 Å². The van der Waals surface area contributed by atoms with Crippen molar-refractivity contribution >= 4 is 17.5 Å². The van der Waals surface area contributed by atoms with Gasteiger partial charge in [-0.3, -0.25) is 14.6 Å². The molecule has 17 heavy (non-hydrogen) atoms. The number of pyridine rings is 1. The molecule has 0 fully saturated rings. The molecule has 0 aromatic carbocycles. The second kappa shape index (κ2) is 6.47. The number of aromatic nitrogens is 1. The minimum Gasteiger partial charge on any atom is -0.388 e. The second-order valence-corrected chi connectivity index (χ2v) is 3.36. The largest absolute Gasteiger partial charge is 0.388 e. The maximum absolute atomic E-state index is 11.6. The molecule has 0 aliphatic rings. The third-order valence-electron chi connectivity index (χ3n) is 2.20. The van der Waals surface area contributed by atoms with E-state index in [2.05, 4.69) is 20.9 Å². The van der Waals surface area contributed by atoms with Crippen LogP contribution in [0.15, 0.2) is 18.3 Å². The predicted octanol–water partition coefficient (Wildman–Crippen LogP) is -0.0108. The Hall–Kier alpha value is -2.11. The van der Waals surface area contributed by atoms with Crippen LogP contribution in [0.3, 0.4) is 0 Å². The van der Waals surface area contributed by atoms with E-state index in [0.717, 1.165) is 5.69 Å². The van der Waals surface area contributed by atoms with Crippen molar-refractivity contribution in [2.75, 3.05) is 26.0 Å². The normalized spacial score (nSPS) is 9.53. The average Bonchev–Trinajstić information content (AvgIpc) is 2.38. The number of amides is 2. The molecule has 0 bridgehead atoms. The zero-order valence-corrected chi connectivity index (χ0v) is 9.91. The molecule has 0 aliphatic carbocycles.